The van der Waals surface area contributed by atoms with Crippen LogP contribution in [-0.4, -0.2) is 20.4 Å². The van der Waals surface area contributed by atoms with E-state index in [2.05, 4.69) is 4.98 Å². The smallest absolute Gasteiger partial charge is 0.358 e. The van der Waals surface area contributed by atoms with Gasteiger partial charge in [-0.3, -0.25) is 14.8 Å². The van der Waals surface area contributed by atoms with Crippen molar-refractivity contribution in [1.29, 1.82) is 0 Å². The average Bonchev–Trinajstić information content (AvgIpc) is 2.74. The van der Waals surface area contributed by atoms with Crippen molar-refractivity contribution in [2.45, 2.75) is 25.8 Å². The van der Waals surface area contributed by atoms with Crippen LogP contribution in [0, 0.1) is 10.1 Å². The minimum Gasteiger partial charge on any atom is -0.358 e. The second-order valence-electron chi connectivity index (χ2n) is 3.25. The lowest BCUT2D eigenvalue weighted by Crippen LogP contribution is -2.36. The van der Waals surface area contributed by atoms with Crippen LogP contribution in [0.25, 0.3) is 0 Å². The normalized spacial score (nSPS) is 12.1. The summed E-state index contributed by atoms with van der Waals surface area (Å²) in [7, 11) is 0. The van der Waals surface area contributed by atoms with Crippen LogP contribution >= 0.6 is 0 Å². The van der Waals surface area contributed by atoms with Gasteiger partial charge in [0, 0.05) is 0 Å². The lowest BCUT2D eigenvalue weighted by molar-refractivity contribution is -0.389. The third-order valence-corrected chi connectivity index (χ3v) is 2.14. The van der Waals surface area contributed by atoms with Crippen LogP contribution in [0.4, 0.5) is 5.82 Å². The van der Waals surface area contributed by atoms with Gasteiger partial charge >= 0.3 is 5.82 Å². The number of hydrazine groups is 1. The molecule has 0 spiro atoms. The van der Waals surface area contributed by atoms with E-state index >= 15 is 0 Å². The molecule has 1 aromatic rings. The van der Waals surface area contributed by atoms with Crippen LogP contribution in [0.5, 0.6) is 0 Å². The summed E-state index contributed by atoms with van der Waals surface area (Å²) in [5.41, 5.74) is 2.03. The number of nitrogens with zero attached hydrogens (tertiary/aromatic N) is 3. The van der Waals surface area contributed by atoms with Crippen LogP contribution in [0.1, 0.15) is 25.8 Å². The Bertz CT molecular complexity index is 389. The minimum atomic E-state index is -0.611. The molecule has 0 radical (unpaired) electrons. The molecule has 8 heteroatoms. The van der Waals surface area contributed by atoms with Crippen LogP contribution in [-0.2, 0) is 4.79 Å². The number of hydrogen-bond acceptors (Lipinski definition) is 5. The third-order valence-electron chi connectivity index (χ3n) is 2.14. The molecule has 1 atom stereocenters. The summed E-state index contributed by atoms with van der Waals surface area (Å²) in [4.78, 5) is 24.8. The van der Waals surface area contributed by atoms with Crippen molar-refractivity contribution in [1.82, 2.24) is 15.0 Å². The van der Waals surface area contributed by atoms with E-state index in [1.807, 2.05) is 12.3 Å². The summed E-state index contributed by atoms with van der Waals surface area (Å²) in [5.74, 6) is 4.36. The summed E-state index contributed by atoms with van der Waals surface area (Å²) in [5, 5.41) is 10.4. The Kier molecular flexibility index (Phi) is 3.95. The first-order valence-corrected chi connectivity index (χ1v) is 4.78. The maximum Gasteiger partial charge on any atom is 0.381 e. The molecular weight excluding hydrogens is 214 g/mol. The molecule has 1 amide bonds. The first-order valence-electron chi connectivity index (χ1n) is 4.78. The first-order chi connectivity index (χ1) is 7.60. The first kappa shape index (κ1) is 12.1. The van der Waals surface area contributed by atoms with E-state index in [4.69, 9.17) is 5.84 Å². The summed E-state index contributed by atoms with van der Waals surface area (Å²) >= 11 is 0. The van der Waals surface area contributed by atoms with Gasteiger partial charge < -0.3 is 10.1 Å². The number of carbonyl (C=O) groups excluding carboxylic acids is 1. The van der Waals surface area contributed by atoms with Crippen molar-refractivity contribution < 1.29 is 9.72 Å². The zero-order chi connectivity index (χ0) is 12.1. The Morgan fingerprint density at radius 3 is 2.94 bits per heavy atom. The maximum atomic E-state index is 11.4. The number of aromatic nitrogens is 2. The van der Waals surface area contributed by atoms with E-state index in [1.54, 1.807) is 0 Å². The Labute approximate surface area is 91.6 Å². The number of nitro groups is 1. The van der Waals surface area contributed by atoms with Crippen LogP contribution < -0.4 is 11.3 Å². The van der Waals surface area contributed by atoms with Gasteiger partial charge in [-0.05, 0) is 16.3 Å². The fourth-order valence-electron chi connectivity index (χ4n) is 1.38. The Morgan fingerprint density at radius 1 is 1.81 bits per heavy atom. The van der Waals surface area contributed by atoms with Crippen molar-refractivity contribution in [3.8, 4) is 0 Å². The topological polar surface area (TPSA) is 116 Å². The van der Waals surface area contributed by atoms with Gasteiger partial charge in [0.15, 0.2) is 0 Å². The summed E-state index contributed by atoms with van der Waals surface area (Å²) in [6, 6.07) is -0.559. The predicted octanol–water partition coefficient (Wildman–Crippen LogP) is 0.122. The highest BCUT2D eigenvalue weighted by atomic mass is 16.6. The van der Waals surface area contributed by atoms with Gasteiger partial charge in [0.25, 0.3) is 5.91 Å². The highest BCUT2D eigenvalue weighted by Gasteiger charge is 2.22. The number of hydrogen-bond donors (Lipinski definition) is 2. The van der Waals surface area contributed by atoms with E-state index in [0.717, 1.165) is 6.42 Å². The number of rotatable bonds is 5. The van der Waals surface area contributed by atoms with E-state index in [9.17, 15) is 14.9 Å². The second kappa shape index (κ2) is 5.21. The van der Waals surface area contributed by atoms with Crippen molar-refractivity contribution in [3.63, 3.8) is 0 Å². The highest BCUT2D eigenvalue weighted by Crippen LogP contribution is 2.17. The van der Waals surface area contributed by atoms with E-state index in [-0.39, 0.29) is 5.82 Å². The molecule has 0 fully saturated rings. The monoisotopic (exact) mass is 227 g/mol. The molecule has 0 aliphatic heterocycles. The van der Waals surface area contributed by atoms with Gasteiger partial charge in [0.2, 0.25) is 6.33 Å². The van der Waals surface area contributed by atoms with E-state index in [0.29, 0.717) is 6.42 Å². The molecule has 16 heavy (non-hydrogen) atoms. The van der Waals surface area contributed by atoms with Crippen molar-refractivity contribution in [3.05, 3.63) is 22.6 Å². The fraction of sp³-hybridized carbons (Fsp3) is 0.500. The van der Waals surface area contributed by atoms with E-state index in [1.165, 1.54) is 17.1 Å². The van der Waals surface area contributed by atoms with Gasteiger partial charge in [-0.2, -0.15) is 0 Å². The Balaban J connectivity index is 2.92. The molecule has 1 aromatic heterocycles. The average molecular weight is 227 g/mol. The van der Waals surface area contributed by atoms with Crippen LogP contribution in [0.2, 0.25) is 0 Å². The number of nitrogens with one attached hydrogen (secondary N) is 1. The molecule has 1 heterocycles. The van der Waals surface area contributed by atoms with Crippen LogP contribution in [0.3, 0.4) is 0 Å². The molecule has 1 rings (SSSR count). The quantitative estimate of drug-likeness (QED) is 0.321. The van der Waals surface area contributed by atoms with Crippen molar-refractivity contribution >= 4 is 11.7 Å². The zero-order valence-electron chi connectivity index (χ0n) is 8.79. The molecule has 0 aliphatic carbocycles. The van der Waals surface area contributed by atoms with Gasteiger partial charge in [-0.25, -0.2) is 5.84 Å². The number of nitrogens with two attached hydrogens (primary N) is 1. The molecule has 0 bridgehead atoms. The molecule has 8 nitrogen and oxygen atoms in total. The SMILES string of the molecule is CCCC(C(=O)NN)n1cnc([N+](=O)[O-])c1. The Morgan fingerprint density at radius 2 is 2.50 bits per heavy atom. The fourth-order valence-corrected chi connectivity index (χ4v) is 1.38. The van der Waals surface area contributed by atoms with Gasteiger partial charge in [-0.1, -0.05) is 13.3 Å². The summed E-state index contributed by atoms with van der Waals surface area (Å²) < 4.78 is 1.39. The number of carbonyl (C=O) groups is 1. The third kappa shape index (κ3) is 2.54. The Hall–Kier alpha value is -1.96. The number of amides is 1. The zero-order valence-corrected chi connectivity index (χ0v) is 8.79. The molecule has 0 aromatic carbocycles. The highest BCUT2D eigenvalue weighted by molar-refractivity contribution is 5.79. The van der Waals surface area contributed by atoms with Gasteiger partial charge in [0.1, 0.15) is 12.2 Å². The standard InChI is InChI=1S/C8H13N5O3/c1-2-3-6(8(14)11-9)12-4-7(10-5-12)13(15)16/h4-6H,2-3,9H2,1H3,(H,11,14). The molecule has 0 saturated carbocycles. The largest absolute Gasteiger partial charge is 0.381 e. The number of imidazole rings is 1. The van der Waals surface area contributed by atoms with E-state index < -0.39 is 16.9 Å². The van der Waals surface area contributed by atoms with Crippen LogP contribution in [0.15, 0.2) is 12.5 Å². The lowest BCUT2D eigenvalue weighted by atomic mass is 10.1. The predicted molar refractivity (Wildman–Crippen MR) is 55.2 cm³/mol. The minimum absolute atomic E-state index is 0.286. The molecular formula is C8H13N5O3. The van der Waals surface area contributed by atoms with Gasteiger partial charge in [-0.15, -0.1) is 0 Å². The molecule has 3 N–H and O–H groups in total. The second-order valence-corrected chi connectivity index (χ2v) is 3.25. The lowest BCUT2D eigenvalue weighted by Gasteiger charge is -2.13. The van der Waals surface area contributed by atoms with Crippen molar-refractivity contribution in [2.24, 2.45) is 5.84 Å². The molecule has 0 saturated heterocycles. The maximum absolute atomic E-state index is 11.4. The van der Waals surface area contributed by atoms with Gasteiger partial charge in [0.05, 0.1) is 0 Å². The summed E-state index contributed by atoms with van der Waals surface area (Å²) in [6.07, 6.45) is 3.77. The molecule has 0 aliphatic rings. The summed E-state index contributed by atoms with van der Waals surface area (Å²) in [6.45, 7) is 1.90. The van der Waals surface area contributed by atoms with Crippen molar-refractivity contribution in [2.75, 3.05) is 0 Å². The molecule has 1 unspecified atom stereocenters. The molecule has 88 valence electrons.